The summed E-state index contributed by atoms with van der Waals surface area (Å²) in [6, 6.07) is 2.49. The van der Waals surface area contributed by atoms with E-state index in [0.29, 0.717) is 10.4 Å². The number of nitrogens with one attached hydrogen (secondary N) is 2. The van der Waals surface area contributed by atoms with E-state index in [0.717, 1.165) is 36.6 Å². The van der Waals surface area contributed by atoms with Crippen LogP contribution in [-0.2, 0) is 4.74 Å². The number of benzene rings is 1. The third kappa shape index (κ3) is 4.70. The van der Waals surface area contributed by atoms with Crippen molar-refractivity contribution < 1.29 is 29.0 Å². The normalized spacial score (nSPS) is 10.2. The Kier molecular flexibility index (Phi) is 6.23. The zero-order valence-corrected chi connectivity index (χ0v) is 16.1. The van der Waals surface area contributed by atoms with Gasteiger partial charge in [-0.3, -0.25) is 35.1 Å². The number of thiophene rings is 1. The number of anilines is 1. The number of non-ortho nitro benzene ring substituents is 2. The molecule has 0 bridgehead atoms. The maximum atomic E-state index is 12.6. The van der Waals surface area contributed by atoms with Crippen molar-refractivity contribution in [2.24, 2.45) is 0 Å². The number of hydrogen-bond donors (Lipinski definition) is 2. The molecule has 2 aromatic rings. The van der Waals surface area contributed by atoms with Gasteiger partial charge in [0.1, 0.15) is 5.00 Å². The molecule has 12 nitrogen and oxygen atoms in total. The first kappa shape index (κ1) is 21.4. The summed E-state index contributed by atoms with van der Waals surface area (Å²) in [7, 11) is 1.08. The second-order valence-electron chi connectivity index (χ2n) is 5.64. The molecule has 0 atom stereocenters. The smallest absolute Gasteiger partial charge is 0.413 e. The van der Waals surface area contributed by atoms with Crippen LogP contribution < -0.4 is 10.6 Å². The topological polar surface area (TPSA) is 171 Å². The summed E-state index contributed by atoms with van der Waals surface area (Å²) in [6.07, 6.45) is -0.996. The standard InChI is InChI=1S/C16H14N4O8S/c1-7-8(2)29-15(12(7)14(22)18-16(23)28-3)17-13(21)9-4-10(19(24)25)6-11(5-9)20(26)27/h4-6H,1-3H3,(H,17,21)(H,18,22,23). The quantitative estimate of drug-likeness (QED) is 0.547. The Morgan fingerprint density at radius 1 is 1.00 bits per heavy atom. The Balaban J connectivity index is 2.42. The fourth-order valence-corrected chi connectivity index (χ4v) is 3.36. The van der Waals surface area contributed by atoms with Crippen LogP contribution in [0.25, 0.3) is 0 Å². The Morgan fingerprint density at radius 3 is 2.03 bits per heavy atom. The molecule has 0 radical (unpaired) electrons. The van der Waals surface area contributed by atoms with Crippen LogP contribution in [0.4, 0.5) is 21.2 Å². The van der Waals surface area contributed by atoms with Crippen LogP contribution in [0.5, 0.6) is 0 Å². The summed E-state index contributed by atoms with van der Waals surface area (Å²) in [5, 5.41) is 26.4. The Morgan fingerprint density at radius 2 is 1.55 bits per heavy atom. The fourth-order valence-electron chi connectivity index (χ4n) is 2.31. The van der Waals surface area contributed by atoms with Gasteiger partial charge in [-0.25, -0.2) is 4.79 Å². The van der Waals surface area contributed by atoms with Gasteiger partial charge in [0.05, 0.1) is 34.1 Å². The van der Waals surface area contributed by atoms with Gasteiger partial charge < -0.3 is 10.1 Å². The summed E-state index contributed by atoms with van der Waals surface area (Å²) in [4.78, 5) is 57.1. The van der Waals surface area contributed by atoms with Crippen LogP contribution in [0.2, 0.25) is 0 Å². The highest BCUT2D eigenvalue weighted by molar-refractivity contribution is 7.16. The van der Waals surface area contributed by atoms with Crippen LogP contribution in [0, 0.1) is 34.1 Å². The molecule has 1 aromatic heterocycles. The van der Waals surface area contributed by atoms with Crippen molar-refractivity contribution in [3.63, 3.8) is 0 Å². The van der Waals surface area contributed by atoms with Gasteiger partial charge in [0.25, 0.3) is 23.2 Å². The van der Waals surface area contributed by atoms with E-state index in [1.807, 2.05) is 5.32 Å². The number of rotatable bonds is 5. The Labute approximate surface area is 166 Å². The molecule has 0 spiro atoms. The fraction of sp³-hybridized carbons (Fsp3) is 0.188. The molecule has 0 unspecified atom stereocenters. The number of nitrogens with zero attached hydrogens (tertiary/aromatic N) is 2. The number of carbonyl (C=O) groups is 3. The van der Waals surface area contributed by atoms with E-state index < -0.39 is 39.1 Å². The lowest BCUT2D eigenvalue weighted by Gasteiger charge is -2.08. The number of methoxy groups -OCH3 is 1. The molecule has 152 valence electrons. The van der Waals surface area contributed by atoms with Gasteiger partial charge in [0.15, 0.2) is 0 Å². The molecule has 13 heteroatoms. The maximum absolute atomic E-state index is 12.6. The molecule has 0 fully saturated rings. The molecule has 0 saturated carbocycles. The largest absolute Gasteiger partial charge is 0.453 e. The maximum Gasteiger partial charge on any atom is 0.413 e. The van der Waals surface area contributed by atoms with Gasteiger partial charge in [-0.05, 0) is 19.4 Å². The lowest BCUT2D eigenvalue weighted by atomic mass is 10.1. The molecule has 0 aliphatic rings. The van der Waals surface area contributed by atoms with Gasteiger partial charge in [-0.2, -0.15) is 0 Å². The molecule has 29 heavy (non-hydrogen) atoms. The minimum atomic E-state index is -0.996. The average molecular weight is 422 g/mol. The van der Waals surface area contributed by atoms with E-state index in [2.05, 4.69) is 10.1 Å². The van der Waals surface area contributed by atoms with Gasteiger partial charge in [0, 0.05) is 17.0 Å². The second kappa shape index (κ2) is 8.43. The summed E-state index contributed by atoms with van der Waals surface area (Å²) >= 11 is 1.04. The van der Waals surface area contributed by atoms with Crippen molar-refractivity contribution in [2.75, 3.05) is 12.4 Å². The van der Waals surface area contributed by atoms with E-state index in [1.54, 1.807) is 13.8 Å². The molecule has 3 amide bonds. The summed E-state index contributed by atoms with van der Waals surface area (Å²) < 4.78 is 4.37. The monoisotopic (exact) mass is 422 g/mol. The summed E-state index contributed by atoms with van der Waals surface area (Å²) in [5.74, 6) is -1.72. The van der Waals surface area contributed by atoms with E-state index in [-0.39, 0.29) is 16.1 Å². The average Bonchev–Trinajstić information content (AvgIpc) is 2.94. The van der Waals surface area contributed by atoms with E-state index in [1.165, 1.54) is 0 Å². The number of nitro benzene ring substituents is 2. The summed E-state index contributed by atoms with van der Waals surface area (Å²) in [6.45, 7) is 3.29. The van der Waals surface area contributed by atoms with Crippen LogP contribution in [0.3, 0.4) is 0 Å². The van der Waals surface area contributed by atoms with Crippen molar-refractivity contribution in [1.29, 1.82) is 0 Å². The molecular formula is C16H14N4O8S. The number of aryl methyl sites for hydroxylation is 1. The number of nitro groups is 2. The minimum absolute atomic E-state index is 0.00572. The van der Waals surface area contributed by atoms with E-state index in [9.17, 15) is 34.6 Å². The Hall–Kier alpha value is -3.87. The number of carbonyl (C=O) groups excluding carboxylic acids is 3. The van der Waals surface area contributed by atoms with Crippen LogP contribution in [-0.4, -0.2) is 34.9 Å². The van der Waals surface area contributed by atoms with Gasteiger partial charge in [-0.15, -0.1) is 11.3 Å². The second-order valence-corrected chi connectivity index (χ2v) is 6.86. The van der Waals surface area contributed by atoms with Gasteiger partial charge in [-0.1, -0.05) is 0 Å². The minimum Gasteiger partial charge on any atom is -0.453 e. The van der Waals surface area contributed by atoms with Crippen LogP contribution in [0.1, 0.15) is 31.2 Å². The lowest BCUT2D eigenvalue weighted by Crippen LogP contribution is -2.31. The highest BCUT2D eigenvalue weighted by atomic mass is 32.1. The Bertz CT molecular complexity index is 1010. The highest BCUT2D eigenvalue weighted by Gasteiger charge is 2.25. The van der Waals surface area contributed by atoms with Gasteiger partial charge >= 0.3 is 6.09 Å². The van der Waals surface area contributed by atoms with Crippen molar-refractivity contribution in [2.45, 2.75) is 13.8 Å². The molecule has 2 rings (SSSR count). The predicted octanol–water partition coefficient (Wildman–Crippen LogP) is 2.93. The molecule has 0 aliphatic carbocycles. The molecule has 0 aliphatic heterocycles. The predicted molar refractivity (Wildman–Crippen MR) is 101 cm³/mol. The number of amides is 3. The lowest BCUT2D eigenvalue weighted by molar-refractivity contribution is -0.394. The van der Waals surface area contributed by atoms with Crippen molar-refractivity contribution in [3.05, 3.63) is 60.0 Å². The molecular weight excluding hydrogens is 408 g/mol. The number of alkyl carbamates (subject to hydrolysis) is 1. The number of ether oxygens (including phenoxy) is 1. The first-order valence-corrected chi connectivity index (χ1v) is 8.61. The van der Waals surface area contributed by atoms with E-state index >= 15 is 0 Å². The summed E-state index contributed by atoms with van der Waals surface area (Å²) in [5.41, 5.74) is -1.10. The third-order valence-corrected chi connectivity index (χ3v) is 4.95. The molecule has 0 saturated heterocycles. The first-order valence-electron chi connectivity index (χ1n) is 7.79. The molecule has 1 heterocycles. The number of imide groups is 1. The van der Waals surface area contributed by atoms with Crippen molar-refractivity contribution >= 4 is 45.6 Å². The van der Waals surface area contributed by atoms with Gasteiger partial charge in [0.2, 0.25) is 0 Å². The van der Waals surface area contributed by atoms with E-state index in [4.69, 9.17) is 0 Å². The molecule has 2 N–H and O–H groups in total. The highest BCUT2D eigenvalue weighted by Crippen LogP contribution is 2.33. The SMILES string of the molecule is COC(=O)NC(=O)c1c(NC(=O)c2cc([N+](=O)[O-])cc([N+](=O)[O-])c2)sc(C)c1C. The third-order valence-electron chi connectivity index (χ3n) is 3.83. The first-order chi connectivity index (χ1) is 13.5. The van der Waals surface area contributed by atoms with Crippen molar-refractivity contribution in [1.82, 2.24) is 5.32 Å². The molecule has 1 aromatic carbocycles. The zero-order chi connectivity index (χ0) is 21.9. The van der Waals surface area contributed by atoms with Crippen LogP contribution >= 0.6 is 11.3 Å². The number of hydrogen-bond acceptors (Lipinski definition) is 9. The van der Waals surface area contributed by atoms with Crippen LogP contribution in [0.15, 0.2) is 18.2 Å². The zero-order valence-electron chi connectivity index (χ0n) is 15.3. The van der Waals surface area contributed by atoms with Crippen molar-refractivity contribution in [3.8, 4) is 0 Å².